The number of esters is 1. The van der Waals surface area contributed by atoms with E-state index >= 15 is 0 Å². The number of hydrogen-bond acceptors (Lipinski definition) is 4. The number of carbonyl (C=O) groups excluding carboxylic acids is 1. The highest BCUT2D eigenvalue weighted by Crippen LogP contribution is 2.35. The summed E-state index contributed by atoms with van der Waals surface area (Å²) in [6.07, 6.45) is 7.32. The zero-order valence-corrected chi connectivity index (χ0v) is 17.2. The van der Waals surface area contributed by atoms with E-state index in [1.165, 1.54) is 38.5 Å². The van der Waals surface area contributed by atoms with E-state index < -0.39 is 11.6 Å². The number of carbonyl (C=O) groups is 1. The highest BCUT2D eigenvalue weighted by Gasteiger charge is 2.43. The third-order valence-corrected chi connectivity index (χ3v) is 6.54. The molecule has 4 rings (SSSR count). The zero-order valence-electron chi connectivity index (χ0n) is 17.2. The van der Waals surface area contributed by atoms with Gasteiger partial charge in [-0.3, -0.25) is 4.90 Å². The zero-order chi connectivity index (χ0) is 20.3. The fraction of sp³-hybridized carbons (Fsp3) is 0.480. The molecule has 2 bridgehead atoms. The van der Waals surface area contributed by atoms with E-state index in [2.05, 4.69) is 4.90 Å². The molecule has 0 aromatic heterocycles. The van der Waals surface area contributed by atoms with Gasteiger partial charge in [-0.15, -0.1) is 0 Å². The molecule has 2 aliphatic rings. The van der Waals surface area contributed by atoms with Crippen LogP contribution in [0.2, 0.25) is 0 Å². The molecule has 2 heterocycles. The van der Waals surface area contributed by atoms with Crippen molar-refractivity contribution in [3.8, 4) is 0 Å². The van der Waals surface area contributed by atoms with Crippen LogP contribution in [0.25, 0.3) is 0 Å². The summed E-state index contributed by atoms with van der Waals surface area (Å²) in [5.41, 5.74) is -0.759. The average molecular weight is 394 g/mol. The summed E-state index contributed by atoms with van der Waals surface area (Å²) in [7, 11) is 0. The van der Waals surface area contributed by atoms with Crippen molar-refractivity contribution in [3.05, 3.63) is 71.8 Å². The van der Waals surface area contributed by atoms with Crippen LogP contribution in [0.3, 0.4) is 0 Å². The minimum atomic E-state index is -1.81. The third-order valence-electron chi connectivity index (χ3n) is 6.54. The van der Waals surface area contributed by atoms with Crippen molar-refractivity contribution >= 4 is 5.97 Å². The van der Waals surface area contributed by atoms with Gasteiger partial charge in [0.05, 0.1) is 0 Å². The quantitative estimate of drug-likeness (QED) is 0.745. The Morgan fingerprint density at radius 2 is 1.41 bits per heavy atom. The van der Waals surface area contributed by atoms with Crippen molar-refractivity contribution in [2.45, 2.75) is 69.2 Å². The van der Waals surface area contributed by atoms with Crippen LogP contribution in [0.4, 0.5) is 0 Å². The van der Waals surface area contributed by atoms with Crippen molar-refractivity contribution < 1.29 is 14.6 Å². The molecule has 0 amide bonds. The first-order chi connectivity index (χ1) is 14.1. The van der Waals surface area contributed by atoms with Gasteiger partial charge in [0.2, 0.25) is 5.60 Å². The lowest BCUT2D eigenvalue weighted by Crippen LogP contribution is -2.53. The fourth-order valence-electron chi connectivity index (χ4n) is 5.09. The van der Waals surface area contributed by atoms with E-state index in [-0.39, 0.29) is 6.10 Å². The molecule has 1 atom stereocenters. The Kier molecular flexibility index (Phi) is 6.02. The molecule has 2 aromatic rings. The minimum absolute atomic E-state index is 0.275. The molecule has 0 radical (unpaired) electrons. The van der Waals surface area contributed by atoms with Crippen LogP contribution in [0.1, 0.15) is 56.6 Å². The van der Waals surface area contributed by atoms with Crippen LogP contribution < -0.4 is 0 Å². The monoisotopic (exact) mass is 393 g/mol. The van der Waals surface area contributed by atoms with Crippen LogP contribution in [-0.2, 0) is 15.1 Å². The van der Waals surface area contributed by atoms with Crippen LogP contribution in [-0.4, -0.2) is 40.7 Å². The maximum Gasteiger partial charge on any atom is 0.348 e. The van der Waals surface area contributed by atoms with Crippen molar-refractivity contribution in [1.82, 2.24) is 4.90 Å². The van der Waals surface area contributed by atoms with Gasteiger partial charge in [0.1, 0.15) is 6.10 Å². The predicted molar refractivity (Wildman–Crippen MR) is 113 cm³/mol. The highest BCUT2D eigenvalue weighted by atomic mass is 16.6. The van der Waals surface area contributed by atoms with Crippen LogP contribution in [0.15, 0.2) is 60.7 Å². The molecule has 2 fully saturated rings. The maximum absolute atomic E-state index is 13.3. The Morgan fingerprint density at radius 3 is 1.86 bits per heavy atom. The standard InChI is InChI=1S/C25H31NO3/c1-19(18-26-22-14-8-15-23(26)17-9-16-22)29-24(27)25(28,20-10-4-2-5-11-20)21-12-6-3-7-13-21/h2-7,10-13,19,22-23,28H,8-9,14-18H2,1H3. The van der Waals surface area contributed by atoms with Crippen molar-refractivity contribution in [2.75, 3.05) is 6.54 Å². The van der Waals surface area contributed by atoms with Gasteiger partial charge >= 0.3 is 5.97 Å². The lowest BCUT2D eigenvalue weighted by molar-refractivity contribution is -0.169. The molecule has 0 spiro atoms. The van der Waals surface area contributed by atoms with Gasteiger partial charge in [-0.2, -0.15) is 0 Å². The molecule has 4 heteroatoms. The molecule has 1 unspecified atom stereocenters. The number of aliphatic hydroxyl groups is 1. The van der Waals surface area contributed by atoms with E-state index in [9.17, 15) is 9.90 Å². The highest BCUT2D eigenvalue weighted by molar-refractivity contribution is 5.85. The van der Waals surface area contributed by atoms with Crippen LogP contribution in [0, 0.1) is 0 Å². The minimum Gasteiger partial charge on any atom is -0.459 e. The second kappa shape index (κ2) is 8.68. The summed E-state index contributed by atoms with van der Waals surface area (Å²) in [6.45, 7) is 2.68. The van der Waals surface area contributed by atoms with Crippen molar-refractivity contribution in [3.63, 3.8) is 0 Å². The number of hydrogen-bond donors (Lipinski definition) is 1. The molecule has 29 heavy (non-hydrogen) atoms. The lowest BCUT2D eigenvalue weighted by atomic mass is 9.84. The number of rotatable bonds is 6. The topological polar surface area (TPSA) is 49.8 Å². The second-order valence-corrected chi connectivity index (χ2v) is 8.52. The summed E-state index contributed by atoms with van der Waals surface area (Å²) in [6, 6.07) is 19.4. The molecule has 4 nitrogen and oxygen atoms in total. The summed E-state index contributed by atoms with van der Waals surface area (Å²) >= 11 is 0. The molecule has 0 aliphatic carbocycles. The Morgan fingerprint density at radius 1 is 0.966 bits per heavy atom. The Bertz CT molecular complexity index is 746. The number of ether oxygens (including phenoxy) is 1. The maximum atomic E-state index is 13.3. The van der Waals surface area contributed by atoms with Gasteiger partial charge in [0, 0.05) is 18.6 Å². The van der Waals surface area contributed by atoms with Gasteiger partial charge in [0.25, 0.3) is 0 Å². The molecule has 2 aromatic carbocycles. The van der Waals surface area contributed by atoms with E-state index in [4.69, 9.17) is 4.74 Å². The van der Waals surface area contributed by atoms with Crippen molar-refractivity contribution in [2.24, 2.45) is 0 Å². The van der Waals surface area contributed by atoms with E-state index in [1.54, 1.807) is 24.3 Å². The van der Waals surface area contributed by atoms with Gasteiger partial charge in [-0.1, -0.05) is 73.5 Å². The third kappa shape index (κ3) is 4.10. The predicted octanol–water partition coefficient (Wildman–Crippen LogP) is 4.26. The van der Waals surface area contributed by atoms with Gasteiger partial charge in [0.15, 0.2) is 0 Å². The first-order valence-corrected chi connectivity index (χ1v) is 10.9. The fourth-order valence-corrected chi connectivity index (χ4v) is 5.09. The molecule has 1 N–H and O–H groups in total. The van der Waals surface area contributed by atoms with E-state index in [0.29, 0.717) is 23.2 Å². The normalized spacial score (nSPS) is 23.4. The second-order valence-electron chi connectivity index (χ2n) is 8.52. The SMILES string of the molecule is CC(CN1C2CCCC1CCC2)OC(=O)C(O)(c1ccccc1)c1ccccc1. The molecule has 0 saturated carbocycles. The first-order valence-electron chi connectivity index (χ1n) is 10.9. The van der Waals surface area contributed by atoms with E-state index in [0.717, 1.165) is 6.54 Å². The number of nitrogens with zero attached hydrogens (tertiary/aromatic N) is 1. The Labute approximate surface area is 173 Å². The largest absolute Gasteiger partial charge is 0.459 e. The Balaban J connectivity index is 1.52. The number of benzene rings is 2. The molecular formula is C25H31NO3. The van der Waals surface area contributed by atoms with Gasteiger partial charge in [-0.05, 0) is 43.7 Å². The lowest BCUT2D eigenvalue weighted by Gasteiger charge is -2.47. The molecular weight excluding hydrogens is 362 g/mol. The van der Waals surface area contributed by atoms with Gasteiger partial charge in [-0.25, -0.2) is 4.79 Å². The Hall–Kier alpha value is -2.17. The smallest absolute Gasteiger partial charge is 0.348 e. The number of fused-ring (bicyclic) bond motifs is 2. The summed E-state index contributed by atoms with van der Waals surface area (Å²) < 4.78 is 5.86. The summed E-state index contributed by atoms with van der Waals surface area (Å²) in [5, 5.41) is 11.6. The van der Waals surface area contributed by atoms with E-state index in [1.807, 2.05) is 43.3 Å². The molecule has 2 saturated heterocycles. The van der Waals surface area contributed by atoms with Crippen molar-refractivity contribution in [1.29, 1.82) is 0 Å². The van der Waals surface area contributed by atoms with Crippen LogP contribution >= 0.6 is 0 Å². The van der Waals surface area contributed by atoms with Crippen LogP contribution in [0.5, 0.6) is 0 Å². The summed E-state index contributed by atoms with van der Waals surface area (Å²) in [4.78, 5) is 15.8. The molecule has 154 valence electrons. The summed E-state index contributed by atoms with van der Waals surface area (Å²) in [5.74, 6) is -0.607. The first kappa shape index (κ1) is 20.1. The molecule has 2 aliphatic heterocycles. The average Bonchev–Trinajstić information content (AvgIpc) is 2.74. The number of piperidine rings is 2. The van der Waals surface area contributed by atoms with Gasteiger partial charge < -0.3 is 9.84 Å².